The molecule has 0 saturated heterocycles. The van der Waals surface area contributed by atoms with Gasteiger partial charge in [-0.3, -0.25) is 4.79 Å². The van der Waals surface area contributed by atoms with Gasteiger partial charge >= 0.3 is 0 Å². The summed E-state index contributed by atoms with van der Waals surface area (Å²) in [6, 6.07) is 5.61. The van der Waals surface area contributed by atoms with Crippen LogP contribution in [0.15, 0.2) is 23.1 Å². The Morgan fingerprint density at radius 3 is 2.82 bits per heavy atom. The van der Waals surface area contributed by atoms with Gasteiger partial charge in [-0.2, -0.15) is 0 Å². The Bertz CT molecular complexity index is 431. The van der Waals surface area contributed by atoms with E-state index in [1.54, 1.807) is 22.7 Å². The summed E-state index contributed by atoms with van der Waals surface area (Å²) in [4.78, 5) is 15.1. The van der Waals surface area contributed by atoms with Crippen LogP contribution in [0, 0.1) is 5.92 Å². The van der Waals surface area contributed by atoms with Gasteiger partial charge in [0.1, 0.15) is 0 Å². The lowest BCUT2D eigenvalue weighted by molar-refractivity contribution is 0.0788. The highest BCUT2D eigenvalue weighted by Gasteiger charge is 2.26. The molecule has 0 radical (unpaired) electrons. The Kier molecular flexibility index (Phi) is 4.00. The molecule has 0 unspecified atom stereocenters. The normalized spacial score (nSPS) is 14.8. The number of thioether (sulfide) groups is 1. The molecule has 1 fully saturated rings. The second kappa shape index (κ2) is 5.32. The summed E-state index contributed by atoms with van der Waals surface area (Å²) < 4.78 is 0. The molecule has 0 N–H and O–H groups in total. The van der Waals surface area contributed by atoms with Crippen LogP contribution >= 0.6 is 23.4 Å². The van der Waals surface area contributed by atoms with Crippen LogP contribution in [0.5, 0.6) is 0 Å². The Morgan fingerprint density at radius 1 is 1.53 bits per heavy atom. The Balaban J connectivity index is 2.16. The van der Waals surface area contributed by atoms with E-state index < -0.39 is 0 Å². The second-order valence-corrected chi connectivity index (χ2v) is 5.76. The Morgan fingerprint density at radius 2 is 2.24 bits per heavy atom. The average molecular weight is 270 g/mol. The van der Waals surface area contributed by atoms with Crippen LogP contribution in [0.4, 0.5) is 0 Å². The van der Waals surface area contributed by atoms with Crippen molar-refractivity contribution in [3.8, 4) is 0 Å². The van der Waals surface area contributed by atoms with E-state index in [-0.39, 0.29) is 5.91 Å². The number of rotatable bonds is 4. The topological polar surface area (TPSA) is 20.3 Å². The molecule has 0 spiro atoms. The molecule has 17 heavy (non-hydrogen) atoms. The van der Waals surface area contributed by atoms with Gasteiger partial charge in [0.25, 0.3) is 5.91 Å². The summed E-state index contributed by atoms with van der Waals surface area (Å²) in [5.74, 6) is 0.726. The first-order chi connectivity index (χ1) is 8.11. The largest absolute Gasteiger partial charge is 0.341 e. The van der Waals surface area contributed by atoms with Crippen molar-refractivity contribution < 1.29 is 4.79 Å². The minimum Gasteiger partial charge on any atom is -0.341 e. The molecular weight excluding hydrogens is 254 g/mol. The van der Waals surface area contributed by atoms with E-state index in [9.17, 15) is 4.79 Å². The van der Waals surface area contributed by atoms with Gasteiger partial charge in [-0.1, -0.05) is 11.6 Å². The zero-order valence-electron chi connectivity index (χ0n) is 10.1. The number of amides is 1. The molecule has 0 bridgehead atoms. The van der Waals surface area contributed by atoms with Crippen molar-refractivity contribution in [1.82, 2.24) is 4.90 Å². The third-order valence-corrected chi connectivity index (χ3v) is 4.03. The number of hydrogen-bond donors (Lipinski definition) is 0. The van der Waals surface area contributed by atoms with Gasteiger partial charge in [0.05, 0.1) is 10.6 Å². The van der Waals surface area contributed by atoms with Gasteiger partial charge in [0.2, 0.25) is 0 Å². The highest BCUT2D eigenvalue weighted by atomic mass is 35.5. The van der Waals surface area contributed by atoms with E-state index in [0.717, 1.165) is 11.4 Å². The van der Waals surface area contributed by atoms with Gasteiger partial charge in [0, 0.05) is 18.5 Å². The van der Waals surface area contributed by atoms with Crippen molar-refractivity contribution in [1.29, 1.82) is 0 Å². The van der Waals surface area contributed by atoms with Crippen molar-refractivity contribution in [2.45, 2.75) is 17.7 Å². The quantitative estimate of drug-likeness (QED) is 0.779. The smallest absolute Gasteiger partial charge is 0.255 e. The van der Waals surface area contributed by atoms with E-state index in [1.165, 1.54) is 12.8 Å². The number of halogens is 1. The lowest BCUT2D eigenvalue weighted by Gasteiger charge is -2.17. The van der Waals surface area contributed by atoms with E-state index >= 15 is 0 Å². The lowest BCUT2D eigenvalue weighted by Crippen LogP contribution is -2.29. The van der Waals surface area contributed by atoms with Gasteiger partial charge in [-0.25, -0.2) is 0 Å². The summed E-state index contributed by atoms with van der Waals surface area (Å²) >= 11 is 7.71. The van der Waals surface area contributed by atoms with E-state index in [2.05, 4.69) is 0 Å². The number of nitrogens with zero attached hydrogens (tertiary/aromatic N) is 1. The molecule has 2 rings (SSSR count). The molecule has 4 heteroatoms. The van der Waals surface area contributed by atoms with Crippen molar-refractivity contribution in [2.24, 2.45) is 5.92 Å². The van der Waals surface area contributed by atoms with Crippen LogP contribution in [0.2, 0.25) is 5.02 Å². The molecule has 2 nitrogen and oxygen atoms in total. The van der Waals surface area contributed by atoms with Crippen LogP contribution in [0.25, 0.3) is 0 Å². The lowest BCUT2D eigenvalue weighted by atomic mass is 10.2. The molecule has 1 aromatic rings. The number of carbonyl (C=O) groups is 1. The second-order valence-electron chi connectivity index (χ2n) is 4.47. The van der Waals surface area contributed by atoms with Gasteiger partial charge in [-0.15, -0.1) is 11.8 Å². The van der Waals surface area contributed by atoms with Crippen molar-refractivity contribution in [3.05, 3.63) is 28.8 Å². The SMILES string of the molecule is CSc1ccc(Cl)c(C(=O)N(C)CC2CC2)c1. The molecule has 1 amide bonds. The Hall–Kier alpha value is -0.670. The molecule has 1 aliphatic rings. The summed E-state index contributed by atoms with van der Waals surface area (Å²) in [6.07, 6.45) is 4.48. The molecule has 1 saturated carbocycles. The minimum atomic E-state index is 0.0257. The fraction of sp³-hybridized carbons (Fsp3) is 0.462. The summed E-state index contributed by atoms with van der Waals surface area (Å²) in [5.41, 5.74) is 0.613. The fourth-order valence-corrected chi connectivity index (χ4v) is 2.41. The first-order valence-corrected chi connectivity index (χ1v) is 7.31. The van der Waals surface area contributed by atoms with Crippen LogP contribution < -0.4 is 0 Å². The van der Waals surface area contributed by atoms with Crippen LogP contribution in [0.1, 0.15) is 23.2 Å². The number of benzene rings is 1. The van der Waals surface area contributed by atoms with Crippen LogP contribution in [0.3, 0.4) is 0 Å². The Labute approximate surface area is 111 Å². The third-order valence-electron chi connectivity index (χ3n) is 2.98. The molecule has 1 aliphatic carbocycles. The van der Waals surface area contributed by atoms with Gasteiger partial charge in [-0.05, 0) is 43.2 Å². The molecular formula is C13H16ClNOS. The van der Waals surface area contributed by atoms with Crippen molar-refractivity contribution in [3.63, 3.8) is 0 Å². The summed E-state index contributed by atoms with van der Waals surface area (Å²) in [6.45, 7) is 0.846. The summed E-state index contributed by atoms with van der Waals surface area (Å²) in [5, 5.41) is 0.537. The molecule has 0 aromatic heterocycles. The van der Waals surface area contributed by atoms with Gasteiger partial charge in [0.15, 0.2) is 0 Å². The van der Waals surface area contributed by atoms with Gasteiger partial charge < -0.3 is 4.90 Å². The number of carbonyl (C=O) groups excluding carboxylic acids is 1. The third kappa shape index (κ3) is 3.17. The zero-order chi connectivity index (χ0) is 12.4. The number of hydrogen-bond acceptors (Lipinski definition) is 2. The van der Waals surface area contributed by atoms with Crippen LogP contribution in [-0.2, 0) is 0 Å². The molecule has 0 heterocycles. The molecule has 0 aliphatic heterocycles. The minimum absolute atomic E-state index is 0.0257. The fourth-order valence-electron chi connectivity index (χ4n) is 1.77. The predicted octanol–water partition coefficient (Wildman–Crippen LogP) is 3.54. The first-order valence-electron chi connectivity index (χ1n) is 5.71. The molecule has 1 aromatic carbocycles. The average Bonchev–Trinajstić information content (AvgIpc) is 3.12. The zero-order valence-corrected chi connectivity index (χ0v) is 11.6. The maximum Gasteiger partial charge on any atom is 0.255 e. The van der Waals surface area contributed by atoms with E-state index in [1.807, 2.05) is 25.4 Å². The molecule has 92 valence electrons. The van der Waals surface area contributed by atoms with Crippen molar-refractivity contribution >= 4 is 29.3 Å². The van der Waals surface area contributed by atoms with Crippen molar-refractivity contribution in [2.75, 3.05) is 19.8 Å². The first kappa shape index (κ1) is 12.8. The summed E-state index contributed by atoms with van der Waals surface area (Å²) in [7, 11) is 1.85. The highest BCUT2D eigenvalue weighted by Crippen LogP contribution is 2.30. The highest BCUT2D eigenvalue weighted by molar-refractivity contribution is 7.98. The standard InChI is InChI=1S/C13H16ClNOS/c1-15(8-9-3-4-9)13(16)11-7-10(17-2)5-6-12(11)14/h5-7,9H,3-4,8H2,1-2H3. The van der Waals surface area contributed by atoms with E-state index in [0.29, 0.717) is 16.5 Å². The maximum atomic E-state index is 12.2. The molecule has 0 atom stereocenters. The van der Waals surface area contributed by atoms with Crippen LogP contribution in [-0.4, -0.2) is 30.7 Å². The predicted molar refractivity (Wildman–Crippen MR) is 72.9 cm³/mol. The monoisotopic (exact) mass is 269 g/mol. The maximum absolute atomic E-state index is 12.2. The van der Waals surface area contributed by atoms with E-state index in [4.69, 9.17) is 11.6 Å².